The van der Waals surface area contributed by atoms with Gasteiger partial charge in [-0.3, -0.25) is 4.79 Å². The summed E-state index contributed by atoms with van der Waals surface area (Å²) >= 11 is 0. The van der Waals surface area contributed by atoms with E-state index in [-0.39, 0.29) is 11.9 Å². The molecule has 1 fully saturated rings. The summed E-state index contributed by atoms with van der Waals surface area (Å²) in [6.07, 6.45) is 1.49. The molecule has 2 aromatic rings. The zero-order valence-corrected chi connectivity index (χ0v) is 14.6. The van der Waals surface area contributed by atoms with E-state index in [1.807, 2.05) is 60.7 Å². The van der Waals surface area contributed by atoms with Gasteiger partial charge < -0.3 is 20.3 Å². The highest BCUT2D eigenvalue weighted by molar-refractivity contribution is 5.94. The van der Waals surface area contributed by atoms with Gasteiger partial charge in [0.1, 0.15) is 18.4 Å². The Labute approximate surface area is 153 Å². The average Bonchev–Trinajstić information content (AvgIpc) is 3.17. The third kappa shape index (κ3) is 4.75. The molecule has 1 saturated heterocycles. The number of rotatable bonds is 6. The molecule has 2 aromatic carbocycles. The number of urea groups is 1. The van der Waals surface area contributed by atoms with Gasteiger partial charge in [0.2, 0.25) is 5.91 Å². The molecule has 1 atom stereocenters. The van der Waals surface area contributed by atoms with Crippen molar-refractivity contribution < 1.29 is 14.3 Å². The lowest BCUT2D eigenvalue weighted by atomic mass is 10.2. The van der Waals surface area contributed by atoms with E-state index in [0.717, 1.165) is 17.9 Å². The Bertz CT molecular complexity index is 722. The van der Waals surface area contributed by atoms with E-state index < -0.39 is 6.04 Å². The van der Waals surface area contributed by atoms with Gasteiger partial charge in [-0.2, -0.15) is 0 Å². The summed E-state index contributed by atoms with van der Waals surface area (Å²) in [6, 6.07) is 18.0. The van der Waals surface area contributed by atoms with E-state index in [4.69, 9.17) is 4.74 Å². The predicted molar refractivity (Wildman–Crippen MR) is 100 cm³/mol. The van der Waals surface area contributed by atoms with Crippen molar-refractivity contribution >= 4 is 17.6 Å². The molecule has 1 unspecified atom stereocenters. The van der Waals surface area contributed by atoms with E-state index in [0.29, 0.717) is 26.1 Å². The number of anilines is 1. The first-order chi connectivity index (χ1) is 12.7. The zero-order chi connectivity index (χ0) is 18.2. The van der Waals surface area contributed by atoms with Crippen LogP contribution in [0.15, 0.2) is 60.7 Å². The summed E-state index contributed by atoms with van der Waals surface area (Å²) in [7, 11) is 0. The highest BCUT2D eigenvalue weighted by atomic mass is 16.5. The summed E-state index contributed by atoms with van der Waals surface area (Å²) in [5.41, 5.74) is 0.722. The third-order valence-corrected chi connectivity index (χ3v) is 4.25. The first kappa shape index (κ1) is 17.8. The van der Waals surface area contributed by atoms with Gasteiger partial charge in [-0.15, -0.1) is 0 Å². The number of hydrogen-bond donors (Lipinski definition) is 2. The fourth-order valence-electron chi connectivity index (χ4n) is 2.98. The van der Waals surface area contributed by atoms with Crippen LogP contribution in [0.4, 0.5) is 10.5 Å². The van der Waals surface area contributed by atoms with Crippen LogP contribution < -0.4 is 15.4 Å². The van der Waals surface area contributed by atoms with Gasteiger partial charge in [0.25, 0.3) is 0 Å². The minimum Gasteiger partial charge on any atom is -0.492 e. The van der Waals surface area contributed by atoms with Gasteiger partial charge in [0.05, 0.1) is 6.54 Å². The SMILES string of the molecule is O=C(NCCOc1ccccc1)C1CCCN1C(=O)Nc1ccccc1. The Hall–Kier alpha value is -3.02. The molecular formula is C20H23N3O3. The third-order valence-electron chi connectivity index (χ3n) is 4.25. The van der Waals surface area contributed by atoms with Crippen LogP contribution in [0.5, 0.6) is 5.75 Å². The van der Waals surface area contributed by atoms with E-state index >= 15 is 0 Å². The van der Waals surface area contributed by atoms with Gasteiger partial charge in [-0.25, -0.2) is 4.79 Å². The van der Waals surface area contributed by atoms with Crippen molar-refractivity contribution in [3.8, 4) is 5.75 Å². The number of ether oxygens (including phenoxy) is 1. The predicted octanol–water partition coefficient (Wildman–Crippen LogP) is 2.88. The van der Waals surface area contributed by atoms with Crippen molar-refractivity contribution in [1.82, 2.24) is 10.2 Å². The highest BCUT2D eigenvalue weighted by Gasteiger charge is 2.33. The molecule has 3 rings (SSSR count). The normalized spacial score (nSPS) is 16.2. The molecule has 136 valence electrons. The lowest BCUT2D eigenvalue weighted by molar-refractivity contribution is -0.124. The number of nitrogens with zero attached hydrogens (tertiary/aromatic N) is 1. The van der Waals surface area contributed by atoms with Crippen LogP contribution in [0.25, 0.3) is 0 Å². The van der Waals surface area contributed by atoms with Gasteiger partial charge >= 0.3 is 6.03 Å². The molecule has 0 bridgehead atoms. The number of carbonyl (C=O) groups excluding carboxylic acids is 2. The van der Waals surface area contributed by atoms with E-state index in [1.165, 1.54) is 0 Å². The molecule has 6 nitrogen and oxygen atoms in total. The monoisotopic (exact) mass is 353 g/mol. The molecule has 0 spiro atoms. The summed E-state index contributed by atoms with van der Waals surface area (Å²) < 4.78 is 5.56. The number of likely N-dealkylation sites (tertiary alicyclic amines) is 1. The summed E-state index contributed by atoms with van der Waals surface area (Å²) in [5, 5.41) is 5.70. The lowest BCUT2D eigenvalue weighted by Crippen LogP contribution is -2.48. The number of benzene rings is 2. The Morgan fingerprint density at radius 3 is 2.46 bits per heavy atom. The molecule has 0 radical (unpaired) electrons. The van der Waals surface area contributed by atoms with Crippen LogP contribution in [0.1, 0.15) is 12.8 Å². The van der Waals surface area contributed by atoms with Crippen molar-refractivity contribution in [3.63, 3.8) is 0 Å². The Kier molecular flexibility index (Phi) is 6.09. The van der Waals surface area contributed by atoms with Crippen molar-refractivity contribution in [2.45, 2.75) is 18.9 Å². The topological polar surface area (TPSA) is 70.7 Å². The largest absolute Gasteiger partial charge is 0.492 e. The summed E-state index contributed by atoms with van der Waals surface area (Å²) in [4.78, 5) is 26.5. The summed E-state index contributed by atoms with van der Waals surface area (Å²) in [5.74, 6) is 0.633. The van der Waals surface area contributed by atoms with E-state index in [1.54, 1.807) is 4.90 Å². The van der Waals surface area contributed by atoms with Crippen LogP contribution in [-0.2, 0) is 4.79 Å². The fourth-order valence-corrected chi connectivity index (χ4v) is 2.98. The van der Waals surface area contributed by atoms with Gasteiger partial charge in [0.15, 0.2) is 0 Å². The molecule has 2 N–H and O–H groups in total. The van der Waals surface area contributed by atoms with E-state index in [9.17, 15) is 9.59 Å². The number of para-hydroxylation sites is 2. The van der Waals surface area contributed by atoms with Crippen LogP contribution >= 0.6 is 0 Å². The Balaban J connectivity index is 1.46. The quantitative estimate of drug-likeness (QED) is 0.785. The van der Waals surface area contributed by atoms with Crippen molar-refractivity contribution in [2.75, 3.05) is 25.0 Å². The standard InChI is InChI=1S/C20H23N3O3/c24-19(21-13-15-26-17-10-5-2-6-11-17)18-12-7-14-23(18)20(25)22-16-8-3-1-4-9-16/h1-6,8-11,18H,7,12-15H2,(H,21,24)(H,22,25). The Morgan fingerprint density at radius 1 is 1.04 bits per heavy atom. The minimum absolute atomic E-state index is 0.137. The van der Waals surface area contributed by atoms with Crippen LogP contribution in [-0.4, -0.2) is 42.6 Å². The van der Waals surface area contributed by atoms with Gasteiger partial charge in [0, 0.05) is 12.2 Å². The number of nitrogens with one attached hydrogen (secondary N) is 2. The summed E-state index contributed by atoms with van der Waals surface area (Å²) in [6.45, 7) is 1.37. The average molecular weight is 353 g/mol. The first-order valence-corrected chi connectivity index (χ1v) is 8.82. The number of carbonyl (C=O) groups is 2. The highest BCUT2D eigenvalue weighted by Crippen LogP contribution is 2.19. The molecule has 6 heteroatoms. The van der Waals surface area contributed by atoms with Crippen molar-refractivity contribution in [2.24, 2.45) is 0 Å². The fraction of sp³-hybridized carbons (Fsp3) is 0.300. The maximum Gasteiger partial charge on any atom is 0.322 e. The lowest BCUT2D eigenvalue weighted by Gasteiger charge is -2.24. The maximum atomic E-state index is 12.5. The molecule has 1 heterocycles. The molecule has 3 amide bonds. The van der Waals surface area contributed by atoms with Gasteiger partial charge in [-0.05, 0) is 37.1 Å². The van der Waals surface area contributed by atoms with Crippen molar-refractivity contribution in [3.05, 3.63) is 60.7 Å². The van der Waals surface area contributed by atoms with Gasteiger partial charge in [-0.1, -0.05) is 36.4 Å². The molecule has 0 aromatic heterocycles. The second-order valence-electron chi connectivity index (χ2n) is 6.10. The first-order valence-electron chi connectivity index (χ1n) is 8.82. The second kappa shape index (κ2) is 8.89. The molecule has 0 saturated carbocycles. The van der Waals surface area contributed by atoms with Crippen molar-refractivity contribution in [1.29, 1.82) is 0 Å². The minimum atomic E-state index is -0.435. The Morgan fingerprint density at radius 2 is 1.73 bits per heavy atom. The van der Waals surface area contributed by atoms with Crippen LogP contribution in [0.2, 0.25) is 0 Å². The zero-order valence-electron chi connectivity index (χ0n) is 14.6. The maximum absolute atomic E-state index is 12.5. The molecule has 26 heavy (non-hydrogen) atoms. The van der Waals surface area contributed by atoms with Crippen LogP contribution in [0, 0.1) is 0 Å². The number of hydrogen-bond acceptors (Lipinski definition) is 3. The second-order valence-corrected chi connectivity index (χ2v) is 6.10. The smallest absolute Gasteiger partial charge is 0.322 e. The number of amides is 3. The van der Waals surface area contributed by atoms with Crippen LogP contribution in [0.3, 0.4) is 0 Å². The van der Waals surface area contributed by atoms with E-state index in [2.05, 4.69) is 10.6 Å². The molecule has 0 aliphatic carbocycles. The molecule has 1 aliphatic rings. The molecular weight excluding hydrogens is 330 g/mol. The molecule has 1 aliphatic heterocycles.